The smallest absolute Gasteiger partial charge is 0.347 e. The molecule has 1 aromatic rings. The predicted molar refractivity (Wildman–Crippen MR) is 82.2 cm³/mol. The monoisotopic (exact) mass is 307 g/mol. The lowest BCUT2D eigenvalue weighted by Gasteiger charge is -2.30. The molecule has 1 saturated heterocycles. The number of piperidine rings is 1. The number of hydrogen-bond acceptors (Lipinski definition) is 4. The molecule has 1 aromatic heterocycles. The average Bonchev–Trinajstić information content (AvgIpc) is 2.66. The average molecular weight is 307 g/mol. The minimum absolute atomic E-state index is 0.0242. The zero-order valence-corrected chi connectivity index (χ0v) is 13.0. The molecule has 0 bridgehead atoms. The summed E-state index contributed by atoms with van der Waals surface area (Å²) in [5, 5.41) is 4.52. The van der Waals surface area contributed by atoms with Crippen LogP contribution in [0.3, 0.4) is 0 Å². The Labute approximate surface area is 130 Å². The third-order valence-electron chi connectivity index (χ3n) is 4.81. The van der Waals surface area contributed by atoms with E-state index in [-0.39, 0.29) is 11.6 Å². The van der Waals surface area contributed by atoms with E-state index in [4.69, 9.17) is 5.73 Å². The summed E-state index contributed by atoms with van der Waals surface area (Å²) in [6.45, 7) is 3.15. The number of nitrogens with two attached hydrogens (primary N) is 1. The Morgan fingerprint density at radius 2 is 1.95 bits per heavy atom. The van der Waals surface area contributed by atoms with Crippen molar-refractivity contribution in [3.63, 3.8) is 0 Å². The second-order valence-electron chi connectivity index (χ2n) is 6.53. The van der Waals surface area contributed by atoms with E-state index in [0.29, 0.717) is 19.0 Å². The topological polar surface area (TPSA) is 86.2 Å². The molecule has 3 rings (SSSR count). The van der Waals surface area contributed by atoms with Crippen LogP contribution in [0.5, 0.6) is 0 Å². The van der Waals surface area contributed by atoms with Gasteiger partial charge in [-0.3, -0.25) is 14.3 Å². The van der Waals surface area contributed by atoms with Gasteiger partial charge in [-0.25, -0.2) is 4.79 Å². The Hall–Kier alpha value is -1.63. The normalized spacial score (nSPS) is 20.5. The van der Waals surface area contributed by atoms with Gasteiger partial charge < -0.3 is 5.73 Å². The van der Waals surface area contributed by atoms with E-state index in [9.17, 15) is 9.59 Å². The van der Waals surface area contributed by atoms with E-state index in [1.54, 1.807) is 4.68 Å². The number of aromatic nitrogens is 3. The molecule has 3 heterocycles. The predicted octanol–water partition coefficient (Wildman–Crippen LogP) is 0.316. The second-order valence-corrected chi connectivity index (χ2v) is 6.53. The minimum atomic E-state index is -0.215. The number of carbonyl (C=O) groups excluding carboxylic acids is 1. The van der Waals surface area contributed by atoms with Gasteiger partial charge in [0.15, 0.2) is 0 Å². The Morgan fingerprint density at radius 1 is 1.18 bits per heavy atom. The number of amides is 1. The summed E-state index contributed by atoms with van der Waals surface area (Å²) in [6.07, 6.45) is 6.67. The molecule has 0 radical (unpaired) electrons. The fourth-order valence-electron chi connectivity index (χ4n) is 3.52. The zero-order valence-electron chi connectivity index (χ0n) is 13.0. The molecule has 1 fully saturated rings. The first-order valence-corrected chi connectivity index (χ1v) is 8.30. The van der Waals surface area contributed by atoms with Crippen molar-refractivity contribution in [3.05, 3.63) is 16.3 Å². The van der Waals surface area contributed by atoms with E-state index in [0.717, 1.165) is 57.6 Å². The third kappa shape index (κ3) is 3.40. The quantitative estimate of drug-likeness (QED) is 0.868. The number of primary amides is 1. The van der Waals surface area contributed by atoms with Crippen LogP contribution in [0.15, 0.2) is 4.79 Å². The maximum atomic E-state index is 12.4. The lowest BCUT2D eigenvalue weighted by atomic mass is 9.93. The Bertz CT molecular complexity index is 583. The highest BCUT2D eigenvalue weighted by atomic mass is 16.2. The van der Waals surface area contributed by atoms with Crippen molar-refractivity contribution in [3.8, 4) is 0 Å². The van der Waals surface area contributed by atoms with Gasteiger partial charge in [0.1, 0.15) is 5.82 Å². The van der Waals surface area contributed by atoms with Crippen molar-refractivity contribution in [2.75, 3.05) is 13.1 Å². The van der Waals surface area contributed by atoms with Crippen molar-refractivity contribution >= 4 is 5.91 Å². The number of rotatable bonds is 4. The molecule has 0 spiro atoms. The molecule has 2 N–H and O–H groups in total. The number of aryl methyl sites for hydroxylation is 1. The van der Waals surface area contributed by atoms with Gasteiger partial charge in [0.05, 0.1) is 6.67 Å². The van der Waals surface area contributed by atoms with Gasteiger partial charge in [-0.2, -0.15) is 9.78 Å². The van der Waals surface area contributed by atoms with Gasteiger partial charge in [-0.05, 0) is 31.6 Å². The van der Waals surface area contributed by atoms with Crippen molar-refractivity contribution < 1.29 is 4.79 Å². The molecule has 2 aliphatic heterocycles. The van der Waals surface area contributed by atoms with Gasteiger partial charge in [0, 0.05) is 32.5 Å². The summed E-state index contributed by atoms with van der Waals surface area (Å²) in [4.78, 5) is 25.6. The van der Waals surface area contributed by atoms with Gasteiger partial charge in [-0.15, -0.1) is 0 Å². The minimum Gasteiger partial charge on any atom is -0.370 e. The van der Waals surface area contributed by atoms with E-state index in [2.05, 4.69) is 10.00 Å². The van der Waals surface area contributed by atoms with E-state index < -0.39 is 0 Å². The van der Waals surface area contributed by atoms with Crippen molar-refractivity contribution in [1.82, 2.24) is 19.2 Å². The van der Waals surface area contributed by atoms with Crippen molar-refractivity contribution in [1.29, 1.82) is 0 Å². The SMILES string of the molecule is NC(=O)CC1CCN(Cn2nc3n(c2=O)CCCCC3)CC1. The van der Waals surface area contributed by atoms with Crippen LogP contribution in [0, 0.1) is 5.92 Å². The van der Waals surface area contributed by atoms with Crippen LogP contribution >= 0.6 is 0 Å². The van der Waals surface area contributed by atoms with Crippen LogP contribution in [-0.2, 0) is 24.4 Å². The molecule has 1 amide bonds. The van der Waals surface area contributed by atoms with Crippen LogP contribution in [0.2, 0.25) is 0 Å². The second kappa shape index (κ2) is 6.64. The fraction of sp³-hybridized carbons (Fsp3) is 0.800. The largest absolute Gasteiger partial charge is 0.370 e. The van der Waals surface area contributed by atoms with Gasteiger partial charge in [0.25, 0.3) is 0 Å². The Kier molecular flexibility index (Phi) is 4.61. The van der Waals surface area contributed by atoms with Gasteiger partial charge in [0.2, 0.25) is 5.91 Å². The standard InChI is InChI=1S/C15H25N5O2/c16-13(21)10-12-5-8-18(9-6-12)11-20-15(22)19-7-3-1-2-4-14(19)17-20/h12H,1-11H2,(H2,16,21). The number of nitrogens with zero attached hydrogens (tertiary/aromatic N) is 4. The van der Waals surface area contributed by atoms with E-state index >= 15 is 0 Å². The molecule has 0 aromatic carbocycles. The fourth-order valence-corrected chi connectivity index (χ4v) is 3.52. The molecule has 2 aliphatic rings. The lowest BCUT2D eigenvalue weighted by Crippen LogP contribution is -2.39. The summed E-state index contributed by atoms with van der Waals surface area (Å²) >= 11 is 0. The van der Waals surface area contributed by atoms with Crippen LogP contribution in [-0.4, -0.2) is 38.2 Å². The molecule has 122 valence electrons. The number of carbonyl (C=O) groups is 1. The molecule has 0 saturated carbocycles. The molecule has 7 heteroatoms. The first-order valence-electron chi connectivity index (χ1n) is 8.30. The summed E-state index contributed by atoms with van der Waals surface area (Å²) in [6, 6.07) is 0. The Balaban J connectivity index is 1.60. The van der Waals surface area contributed by atoms with Crippen LogP contribution in [0.1, 0.15) is 44.3 Å². The van der Waals surface area contributed by atoms with Crippen molar-refractivity contribution in [2.24, 2.45) is 11.7 Å². The number of fused-ring (bicyclic) bond motifs is 1. The van der Waals surface area contributed by atoms with Gasteiger partial charge >= 0.3 is 5.69 Å². The maximum Gasteiger partial charge on any atom is 0.347 e. The highest BCUT2D eigenvalue weighted by Gasteiger charge is 2.22. The number of hydrogen-bond donors (Lipinski definition) is 1. The highest BCUT2D eigenvalue weighted by Crippen LogP contribution is 2.20. The third-order valence-corrected chi connectivity index (χ3v) is 4.81. The molecular weight excluding hydrogens is 282 g/mol. The zero-order chi connectivity index (χ0) is 15.5. The summed E-state index contributed by atoms with van der Waals surface area (Å²) in [5.74, 6) is 1.11. The van der Waals surface area contributed by atoms with E-state index in [1.807, 2.05) is 4.57 Å². The molecule has 7 nitrogen and oxygen atoms in total. The first-order chi connectivity index (χ1) is 10.6. The van der Waals surface area contributed by atoms with Crippen LogP contribution in [0.4, 0.5) is 0 Å². The lowest BCUT2D eigenvalue weighted by molar-refractivity contribution is -0.119. The van der Waals surface area contributed by atoms with Gasteiger partial charge in [-0.1, -0.05) is 6.42 Å². The Morgan fingerprint density at radius 3 is 2.68 bits per heavy atom. The van der Waals surface area contributed by atoms with Crippen molar-refractivity contribution in [2.45, 2.75) is 58.2 Å². The highest BCUT2D eigenvalue weighted by molar-refractivity contribution is 5.73. The van der Waals surface area contributed by atoms with Crippen LogP contribution < -0.4 is 11.4 Å². The molecule has 22 heavy (non-hydrogen) atoms. The summed E-state index contributed by atoms with van der Waals surface area (Å²) in [5.41, 5.74) is 5.28. The summed E-state index contributed by atoms with van der Waals surface area (Å²) < 4.78 is 3.45. The molecular formula is C15H25N5O2. The molecule has 0 unspecified atom stereocenters. The number of likely N-dealkylation sites (tertiary alicyclic amines) is 1. The maximum absolute atomic E-state index is 12.4. The molecule has 0 atom stereocenters. The molecule has 0 aliphatic carbocycles. The van der Waals surface area contributed by atoms with E-state index in [1.165, 1.54) is 6.42 Å². The first kappa shape index (κ1) is 15.3. The van der Waals surface area contributed by atoms with Crippen LogP contribution in [0.25, 0.3) is 0 Å². The summed E-state index contributed by atoms with van der Waals surface area (Å²) in [7, 11) is 0.